The second kappa shape index (κ2) is 6.15. The van der Waals surface area contributed by atoms with E-state index in [4.69, 9.17) is 4.74 Å². The molecule has 1 aromatic heterocycles. The van der Waals surface area contributed by atoms with Gasteiger partial charge in [0.2, 0.25) is 0 Å². The van der Waals surface area contributed by atoms with Crippen molar-refractivity contribution in [2.24, 2.45) is 0 Å². The van der Waals surface area contributed by atoms with Crippen LogP contribution in [0.3, 0.4) is 0 Å². The number of ether oxygens (including phenoxy) is 1. The minimum Gasteiger partial charge on any atom is -0.453 e. The predicted molar refractivity (Wildman–Crippen MR) is 85.3 cm³/mol. The Hall–Kier alpha value is -2.41. The van der Waals surface area contributed by atoms with Crippen molar-refractivity contribution in [1.29, 1.82) is 0 Å². The first-order chi connectivity index (χ1) is 10.7. The Balaban J connectivity index is 2.08. The van der Waals surface area contributed by atoms with Crippen LogP contribution in [-0.4, -0.2) is 28.2 Å². The zero-order valence-electron chi connectivity index (χ0n) is 11.7. The molecule has 22 heavy (non-hydrogen) atoms. The molecule has 0 aliphatic rings. The number of alkyl carbamates (subject to hydrolysis) is 1. The van der Waals surface area contributed by atoms with Crippen LogP contribution >= 0.6 is 15.9 Å². The molecule has 0 saturated carbocycles. The molecule has 3 aromatic rings. The van der Waals surface area contributed by atoms with Gasteiger partial charge in [-0.2, -0.15) is 0 Å². The molecule has 7 heteroatoms. The summed E-state index contributed by atoms with van der Waals surface area (Å²) in [5.41, 5.74) is 2.45. The van der Waals surface area contributed by atoms with Gasteiger partial charge in [0, 0.05) is 4.47 Å². The predicted octanol–water partition coefficient (Wildman–Crippen LogP) is 3.10. The molecule has 0 aliphatic carbocycles. The van der Waals surface area contributed by atoms with Crippen molar-refractivity contribution in [3.8, 4) is 0 Å². The van der Waals surface area contributed by atoms with Crippen LogP contribution in [0.5, 0.6) is 0 Å². The van der Waals surface area contributed by atoms with E-state index >= 15 is 0 Å². The van der Waals surface area contributed by atoms with Gasteiger partial charge < -0.3 is 4.74 Å². The summed E-state index contributed by atoms with van der Waals surface area (Å²) in [4.78, 5) is 11.7. The summed E-state index contributed by atoms with van der Waals surface area (Å²) in [5, 5.41) is 11.1. The fourth-order valence-corrected chi connectivity index (χ4v) is 2.44. The molecule has 1 N–H and O–H groups in total. The minimum absolute atomic E-state index is 0.507. The fourth-order valence-electron chi connectivity index (χ4n) is 2.18. The number of aromatic nitrogens is 3. The van der Waals surface area contributed by atoms with Gasteiger partial charge in [-0.1, -0.05) is 45.4 Å². The van der Waals surface area contributed by atoms with Crippen molar-refractivity contribution < 1.29 is 9.53 Å². The second-order valence-corrected chi connectivity index (χ2v) is 5.53. The number of rotatable bonds is 3. The van der Waals surface area contributed by atoms with E-state index in [0.717, 1.165) is 21.1 Å². The summed E-state index contributed by atoms with van der Waals surface area (Å²) >= 11 is 3.40. The molecule has 0 saturated heterocycles. The number of hydrogen-bond acceptors (Lipinski definition) is 4. The van der Waals surface area contributed by atoms with Crippen LogP contribution in [-0.2, 0) is 4.74 Å². The van der Waals surface area contributed by atoms with Crippen molar-refractivity contribution in [3.63, 3.8) is 0 Å². The molecule has 1 unspecified atom stereocenters. The van der Waals surface area contributed by atoms with Crippen molar-refractivity contribution in [2.45, 2.75) is 6.17 Å². The van der Waals surface area contributed by atoms with Crippen LogP contribution in [0.15, 0.2) is 53.0 Å². The number of nitrogens with one attached hydrogen (secondary N) is 1. The SMILES string of the molecule is COC(=O)NC(c1ccc(Br)cc1)n1nnc2ccccc21. The van der Waals surface area contributed by atoms with Crippen molar-refractivity contribution in [1.82, 2.24) is 20.3 Å². The number of carbonyl (C=O) groups excluding carboxylic acids is 1. The van der Waals surface area contributed by atoms with Crippen LogP contribution < -0.4 is 5.32 Å². The van der Waals surface area contributed by atoms with Crippen LogP contribution in [0, 0.1) is 0 Å². The molecule has 0 bridgehead atoms. The average molecular weight is 361 g/mol. The van der Waals surface area contributed by atoms with Crippen LogP contribution in [0.2, 0.25) is 0 Å². The maximum atomic E-state index is 11.7. The maximum absolute atomic E-state index is 11.7. The van der Waals surface area contributed by atoms with Crippen molar-refractivity contribution >= 4 is 33.1 Å². The third kappa shape index (κ3) is 2.80. The molecule has 0 aliphatic heterocycles. The Labute approximate surface area is 135 Å². The number of halogens is 1. The normalized spacial score (nSPS) is 12.1. The van der Waals surface area contributed by atoms with E-state index in [9.17, 15) is 4.79 Å². The highest BCUT2D eigenvalue weighted by Gasteiger charge is 2.20. The summed E-state index contributed by atoms with van der Waals surface area (Å²) in [6.07, 6.45) is -1.04. The lowest BCUT2D eigenvalue weighted by molar-refractivity contribution is 0.163. The van der Waals surface area contributed by atoms with Crippen LogP contribution in [0.1, 0.15) is 11.7 Å². The Kier molecular flexibility index (Phi) is 4.06. The number of methoxy groups -OCH3 is 1. The molecule has 1 amide bonds. The molecule has 3 rings (SSSR count). The fraction of sp³-hybridized carbons (Fsp3) is 0.133. The average Bonchev–Trinajstić information content (AvgIpc) is 2.97. The number of carbonyl (C=O) groups is 1. The summed E-state index contributed by atoms with van der Waals surface area (Å²) < 4.78 is 7.33. The minimum atomic E-state index is -0.535. The lowest BCUT2D eigenvalue weighted by Crippen LogP contribution is -2.33. The highest BCUT2D eigenvalue weighted by Crippen LogP contribution is 2.22. The smallest absolute Gasteiger partial charge is 0.408 e. The van der Waals surface area contributed by atoms with Gasteiger partial charge in [0.05, 0.1) is 12.6 Å². The lowest BCUT2D eigenvalue weighted by atomic mass is 10.1. The highest BCUT2D eigenvalue weighted by molar-refractivity contribution is 9.10. The summed E-state index contributed by atoms with van der Waals surface area (Å²) in [6, 6.07) is 15.2. The van der Waals surface area contributed by atoms with Crippen LogP contribution in [0.25, 0.3) is 11.0 Å². The Bertz CT molecular complexity index is 801. The van der Waals surface area contributed by atoms with E-state index in [-0.39, 0.29) is 0 Å². The number of para-hydroxylation sites is 1. The van der Waals surface area contributed by atoms with Gasteiger partial charge in [-0.15, -0.1) is 5.10 Å². The standard InChI is InChI=1S/C15H13BrN4O2/c1-22-15(21)17-14(10-6-8-11(16)9-7-10)20-13-5-3-2-4-12(13)18-19-20/h2-9,14H,1H3,(H,17,21). The molecule has 112 valence electrons. The first kappa shape index (κ1) is 14.5. The summed E-state index contributed by atoms with van der Waals surface area (Å²) in [5.74, 6) is 0. The van der Waals surface area contributed by atoms with E-state index in [1.54, 1.807) is 4.68 Å². The van der Waals surface area contributed by atoms with E-state index in [0.29, 0.717) is 0 Å². The quantitative estimate of drug-likeness (QED) is 0.778. The zero-order valence-corrected chi connectivity index (χ0v) is 13.3. The molecule has 2 aromatic carbocycles. The van der Waals surface area contributed by atoms with Gasteiger partial charge in [0.1, 0.15) is 5.52 Å². The van der Waals surface area contributed by atoms with Gasteiger partial charge in [-0.05, 0) is 29.8 Å². The molecule has 0 fully saturated rings. The topological polar surface area (TPSA) is 69.0 Å². The van der Waals surface area contributed by atoms with E-state index in [2.05, 4.69) is 31.6 Å². The summed E-state index contributed by atoms with van der Waals surface area (Å²) in [6.45, 7) is 0. The molecule has 0 radical (unpaired) electrons. The molecule has 1 atom stereocenters. The maximum Gasteiger partial charge on any atom is 0.408 e. The second-order valence-electron chi connectivity index (χ2n) is 4.61. The highest BCUT2D eigenvalue weighted by atomic mass is 79.9. The van der Waals surface area contributed by atoms with E-state index in [1.807, 2.05) is 48.5 Å². The summed E-state index contributed by atoms with van der Waals surface area (Å²) in [7, 11) is 1.33. The number of fused-ring (bicyclic) bond motifs is 1. The van der Waals surface area contributed by atoms with Gasteiger partial charge in [0.25, 0.3) is 0 Å². The number of nitrogens with zero attached hydrogens (tertiary/aromatic N) is 3. The first-order valence-corrected chi connectivity index (χ1v) is 7.38. The zero-order chi connectivity index (χ0) is 15.5. The lowest BCUT2D eigenvalue weighted by Gasteiger charge is -2.19. The Morgan fingerprint density at radius 3 is 2.68 bits per heavy atom. The van der Waals surface area contributed by atoms with Gasteiger partial charge in [-0.3, -0.25) is 5.32 Å². The van der Waals surface area contributed by atoms with Gasteiger partial charge >= 0.3 is 6.09 Å². The first-order valence-electron chi connectivity index (χ1n) is 6.59. The molecule has 6 nitrogen and oxygen atoms in total. The van der Waals surface area contributed by atoms with Gasteiger partial charge in [0.15, 0.2) is 6.17 Å². The van der Waals surface area contributed by atoms with Crippen molar-refractivity contribution in [2.75, 3.05) is 7.11 Å². The van der Waals surface area contributed by atoms with E-state index < -0.39 is 12.3 Å². The number of amides is 1. The Morgan fingerprint density at radius 1 is 1.23 bits per heavy atom. The van der Waals surface area contributed by atoms with Crippen LogP contribution in [0.4, 0.5) is 4.79 Å². The third-order valence-corrected chi connectivity index (χ3v) is 3.78. The molecular weight excluding hydrogens is 348 g/mol. The molecular formula is C15H13BrN4O2. The molecule has 0 spiro atoms. The molecule has 1 heterocycles. The largest absolute Gasteiger partial charge is 0.453 e. The third-order valence-electron chi connectivity index (χ3n) is 3.25. The van der Waals surface area contributed by atoms with E-state index in [1.165, 1.54) is 7.11 Å². The Morgan fingerprint density at radius 2 is 1.95 bits per heavy atom. The van der Waals surface area contributed by atoms with Crippen molar-refractivity contribution in [3.05, 3.63) is 58.6 Å². The number of hydrogen-bond donors (Lipinski definition) is 1. The van der Waals surface area contributed by atoms with Gasteiger partial charge in [-0.25, -0.2) is 9.48 Å². The number of benzene rings is 2. The monoisotopic (exact) mass is 360 g/mol.